The van der Waals surface area contributed by atoms with Gasteiger partial charge in [-0.1, -0.05) is 24.6 Å². The zero-order valence-corrected chi connectivity index (χ0v) is 22.6. The van der Waals surface area contributed by atoms with Crippen LogP contribution in [0, 0.1) is 0 Å². The summed E-state index contributed by atoms with van der Waals surface area (Å²) in [6, 6.07) is 21.5. The molecule has 0 unspecified atom stereocenters. The molecule has 1 aromatic heterocycles. The summed E-state index contributed by atoms with van der Waals surface area (Å²) < 4.78 is 18.6. The highest BCUT2D eigenvalue weighted by molar-refractivity contribution is 7.94. The Morgan fingerprint density at radius 3 is 2.47 bits per heavy atom. The largest absolute Gasteiger partial charge is 0.507 e. The van der Waals surface area contributed by atoms with Crippen molar-refractivity contribution in [3.05, 3.63) is 66.7 Å². The van der Waals surface area contributed by atoms with Gasteiger partial charge in [-0.2, -0.15) is 0 Å². The van der Waals surface area contributed by atoms with E-state index in [4.69, 9.17) is 13.7 Å². The van der Waals surface area contributed by atoms with Crippen molar-refractivity contribution in [3.63, 3.8) is 0 Å². The molecule has 0 spiro atoms. The Kier molecular flexibility index (Phi) is 9.40. The lowest BCUT2D eigenvalue weighted by molar-refractivity contribution is 0.194. The predicted molar refractivity (Wildman–Crippen MR) is 151 cm³/mol. The lowest BCUT2D eigenvalue weighted by atomic mass is 10.1. The van der Waals surface area contributed by atoms with E-state index in [2.05, 4.69) is 23.1 Å². The summed E-state index contributed by atoms with van der Waals surface area (Å²) in [6.45, 7) is 4.07. The highest BCUT2D eigenvalue weighted by Crippen LogP contribution is 2.44. The molecule has 3 aromatic carbocycles. The molecule has 1 saturated heterocycles. The van der Waals surface area contributed by atoms with Crippen LogP contribution in [0.3, 0.4) is 0 Å². The molecule has 1 fully saturated rings. The summed E-state index contributed by atoms with van der Waals surface area (Å²) in [4.78, 5) is 4.48. The normalized spacial score (nSPS) is 13.9. The van der Waals surface area contributed by atoms with E-state index < -0.39 is 0 Å². The number of fused-ring (bicyclic) bond motifs is 1. The monoisotopic (exact) mass is 543 g/mol. The van der Waals surface area contributed by atoms with Crippen LogP contribution < -0.4 is 9.47 Å². The van der Waals surface area contributed by atoms with Gasteiger partial charge in [0, 0.05) is 44.7 Å². The first kappa shape index (κ1) is 26.6. The number of piperidine rings is 1. The van der Waals surface area contributed by atoms with E-state index >= 15 is 0 Å². The number of hydrogen-bond acceptors (Lipinski definition) is 7. The molecule has 1 N–H and O–H groups in total. The fourth-order valence-corrected chi connectivity index (χ4v) is 5.88. The molecule has 0 atom stereocenters. The Hall–Kier alpha value is -2.42. The SMILES string of the molecule is COc1cc(O)c(-c2cc3ccccc3s2)cc1Oc1ccc(SOCCN2CCCCC2)cc1.Cl. The van der Waals surface area contributed by atoms with Crippen LogP contribution in [0.15, 0.2) is 71.6 Å². The maximum Gasteiger partial charge on any atom is 0.170 e. The minimum atomic E-state index is 0. The van der Waals surface area contributed by atoms with Crippen molar-refractivity contribution in [2.45, 2.75) is 24.2 Å². The molecule has 1 aliphatic rings. The Morgan fingerprint density at radius 1 is 0.944 bits per heavy atom. The van der Waals surface area contributed by atoms with Gasteiger partial charge in [-0.05, 0) is 73.8 Å². The molecular formula is C28H30ClNO4S2. The number of likely N-dealkylation sites (tertiary alicyclic amines) is 1. The molecule has 1 aliphatic heterocycles. The first-order valence-corrected chi connectivity index (χ1v) is 13.4. The first-order valence-electron chi connectivity index (χ1n) is 11.9. The van der Waals surface area contributed by atoms with E-state index in [-0.39, 0.29) is 18.2 Å². The minimum Gasteiger partial charge on any atom is -0.507 e. The lowest BCUT2D eigenvalue weighted by Crippen LogP contribution is -2.32. The van der Waals surface area contributed by atoms with Gasteiger partial charge >= 0.3 is 0 Å². The fraction of sp³-hybridized carbons (Fsp3) is 0.286. The van der Waals surface area contributed by atoms with E-state index in [0.29, 0.717) is 23.9 Å². The van der Waals surface area contributed by atoms with Crippen LogP contribution in [-0.2, 0) is 4.18 Å². The van der Waals surface area contributed by atoms with Crippen LogP contribution in [0.5, 0.6) is 23.0 Å². The number of phenolic OH excluding ortho intramolecular Hbond substituents is 1. The van der Waals surface area contributed by atoms with E-state index in [1.54, 1.807) is 24.5 Å². The van der Waals surface area contributed by atoms with Gasteiger partial charge in [0.15, 0.2) is 11.5 Å². The third-order valence-electron chi connectivity index (χ3n) is 6.12. The molecule has 0 radical (unpaired) electrons. The average molecular weight is 544 g/mol. The minimum absolute atomic E-state index is 0. The van der Waals surface area contributed by atoms with Crippen molar-refractivity contribution in [2.75, 3.05) is 33.4 Å². The average Bonchev–Trinajstić information content (AvgIpc) is 3.33. The van der Waals surface area contributed by atoms with Gasteiger partial charge < -0.3 is 23.7 Å². The summed E-state index contributed by atoms with van der Waals surface area (Å²) in [5.41, 5.74) is 0.719. The number of ether oxygens (including phenoxy) is 2. The van der Waals surface area contributed by atoms with Crippen LogP contribution in [0.1, 0.15) is 19.3 Å². The van der Waals surface area contributed by atoms with Crippen LogP contribution in [0.2, 0.25) is 0 Å². The van der Waals surface area contributed by atoms with E-state index in [1.165, 1.54) is 49.1 Å². The van der Waals surface area contributed by atoms with Gasteiger partial charge in [0.25, 0.3) is 0 Å². The van der Waals surface area contributed by atoms with E-state index in [0.717, 1.165) is 27.3 Å². The van der Waals surface area contributed by atoms with Crippen molar-refractivity contribution in [3.8, 4) is 33.4 Å². The van der Waals surface area contributed by atoms with Gasteiger partial charge in [0.1, 0.15) is 11.5 Å². The number of rotatable bonds is 9. The van der Waals surface area contributed by atoms with Crippen molar-refractivity contribution >= 4 is 45.9 Å². The summed E-state index contributed by atoms with van der Waals surface area (Å²) >= 11 is 3.03. The molecular weight excluding hydrogens is 514 g/mol. The molecule has 36 heavy (non-hydrogen) atoms. The van der Waals surface area contributed by atoms with Gasteiger partial charge in [0.05, 0.1) is 13.7 Å². The number of thiophene rings is 1. The standard InChI is InChI=1S/C28H29NO4S2.ClH/c1-31-25-19-24(30)23(28-17-20-7-3-4-8-27(20)34-28)18-26(25)33-21-9-11-22(12-10-21)35-32-16-15-29-13-5-2-6-14-29;/h3-4,7-12,17-19,30H,2,5-6,13-16H2,1H3;1H. The number of benzene rings is 3. The smallest absolute Gasteiger partial charge is 0.170 e. The molecule has 190 valence electrons. The van der Waals surface area contributed by atoms with E-state index in [9.17, 15) is 5.11 Å². The van der Waals surface area contributed by atoms with Crippen LogP contribution in [0.25, 0.3) is 20.5 Å². The molecule has 0 amide bonds. The van der Waals surface area contributed by atoms with Crippen molar-refractivity contribution < 1.29 is 18.8 Å². The zero-order chi connectivity index (χ0) is 24.0. The summed E-state index contributed by atoms with van der Waals surface area (Å²) in [6.07, 6.45) is 3.95. The molecule has 4 aromatic rings. The summed E-state index contributed by atoms with van der Waals surface area (Å²) in [5, 5.41) is 11.8. The third kappa shape index (κ3) is 6.47. The molecule has 0 saturated carbocycles. The number of methoxy groups -OCH3 is 1. The number of nitrogens with zero attached hydrogens (tertiary/aromatic N) is 1. The molecule has 2 heterocycles. The molecule has 0 aliphatic carbocycles. The second-order valence-corrected chi connectivity index (χ2v) is 10.5. The van der Waals surface area contributed by atoms with Crippen LogP contribution >= 0.6 is 35.8 Å². The second kappa shape index (κ2) is 12.7. The Morgan fingerprint density at radius 2 is 1.72 bits per heavy atom. The Labute approximate surface area is 226 Å². The first-order chi connectivity index (χ1) is 17.2. The topological polar surface area (TPSA) is 51.2 Å². The predicted octanol–water partition coefficient (Wildman–Crippen LogP) is 8.01. The van der Waals surface area contributed by atoms with Gasteiger partial charge in [-0.25, -0.2) is 0 Å². The Bertz CT molecular complexity index is 1240. The molecule has 8 heteroatoms. The van der Waals surface area contributed by atoms with Gasteiger partial charge in [-0.3, -0.25) is 0 Å². The quantitative estimate of drug-likeness (QED) is 0.170. The van der Waals surface area contributed by atoms with Crippen LogP contribution in [-0.4, -0.2) is 43.4 Å². The molecule has 5 nitrogen and oxygen atoms in total. The maximum absolute atomic E-state index is 10.7. The van der Waals surface area contributed by atoms with Gasteiger partial charge in [-0.15, -0.1) is 23.7 Å². The van der Waals surface area contributed by atoms with Crippen molar-refractivity contribution in [1.29, 1.82) is 0 Å². The summed E-state index contributed by atoms with van der Waals surface area (Å²) in [5.74, 6) is 1.88. The lowest BCUT2D eigenvalue weighted by Gasteiger charge is -2.25. The summed E-state index contributed by atoms with van der Waals surface area (Å²) in [7, 11) is 1.57. The van der Waals surface area contributed by atoms with Crippen molar-refractivity contribution in [1.82, 2.24) is 4.90 Å². The Balaban J connectivity index is 0.00000304. The van der Waals surface area contributed by atoms with Crippen LogP contribution in [0.4, 0.5) is 0 Å². The zero-order valence-electron chi connectivity index (χ0n) is 20.1. The van der Waals surface area contributed by atoms with Gasteiger partial charge in [0.2, 0.25) is 0 Å². The number of phenols is 1. The van der Waals surface area contributed by atoms with E-state index in [1.807, 2.05) is 42.5 Å². The number of halogens is 1. The highest BCUT2D eigenvalue weighted by atomic mass is 35.5. The third-order valence-corrected chi connectivity index (χ3v) is 8.02. The van der Waals surface area contributed by atoms with Crippen molar-refractivity contribution in [2.24, 2.45) is 0 Å². The maximum atomic E-state index is 10.7. The highest BCUT2D eigenvalue weighted by Gasteiger charge is 2.16. The fourth-order valence-electron chi connectivity index (χ4n) is 4.25. The second-order valence-electron chi connectivity index (χ2n) is 8.55. The number of hydrogen-bond donors (Lipinski definition) is 1. The molecule has 0 bridgehead atoms. The number of aromatic hydroxyl groups is 1. The molecule has 5 rings (SSSR count).